The van der Waals surface area contributed by atoms with E-state index >= 15 is 0 Å². The van der Waals surface area contributed by atoms with Crippen LogP contribution >= 0.6 is 0 Å². The maximum Gasteiger partial charge on any atom is 0.154 e. The van der Waals surface area contributed by atoms with Crippen molar-refractivity contribution in [1.29, 1.82) is 0 Å². The molecule has 0 aliphatic heterocycles. The summed E-state index contributed by atoms with van der Waals surface area (Å²) in [6, 6.07) is 3.77. The molecule has 1 aromatic heterocycles. The Hall–Kier alpha value is -0.940. The van der Waals surface area contributed by atoms with Gasteiger partial charge in [0.15, 0.2) is 9.84 Å². The minimum atomic E-state index is -3.13. The van der Waals surface area contributed by atoms with Crippen molar-refractivity contribution in [2.45, 2.75) is 38.0 Å². The van der Waals surface area contributed by atoms with Gasteiger partial charge in [-0.15, -0.1) is 0 Å². The number of aryl methyl sites for hydroxylation is 1. The van der Waals surface area contributed by atoms with Crippen LogP contribution in [0.5, 0.6) is 0 Å². The molecular weight excluding hydrogens is 248 g/mol. The van der Waals surface area contributed by atoms with Gasteiger partial charge < -0.3 is 5.32 Å². The fourth-order valence-corrected chi connectivity index (χ4v) is 2.50. The first-order valence-electron chi connectivity index (χ1n) is 5.97. The van der Waals surface area contributed by atoms with Crippen molar-refractivity contribution in [2.24, 2.45) is 0 Å². The van der Waals surface area contributed by atoms with Crippen molar-refractivity contribution in [3.05, 3.63) is 29.6 Å². The Bertz CT molecular complexity index is 492. The molecule has 1 N–H and O–H groups in total. The van der Waals surface area contributed by atoms with E-state index in [-0.39, 0.29) is 6.04 Å². The number of rotatable bonds is 5. The lowest BCUT2D eigenvalue weighted by atomic mass is 9.98. The first-order chi connectivity index (χ1) is 8.18. The van der Waals surface area contributed by atoms with Gasteiger partial charge in [-0.3, -0.25) is 4.98 Å². The van der Waals surface area contributed by atoms with Gasteiger partial charge in [0.1, 0.15) is 0 Å². The molecule has 18 heavy (non-hydrogen) atoms. The van der Waals surface area contributed by atoms with Crippen LogP contribution in [0.2, 0.25) is 0 Å². The van der Waals surface area contributed by atoms with E-state index < -0.39 is 14.6 Å². The molecule has 0 aliphatic rings. The summed E-state index contributed by atoms with van der Waals surface area (Å²) in [6.45, 7) is 5.47. The van der Waals surface area contributed by atoms with E-state index in [4.69, 9.17) is 0 Å². The molecule has 5 heteroatoms. The first-order valence-corrected chi connectivity index (χ1v) is 7.86. The molecule has 102 valence electrons. The summed E-state index contributed by atoms with van der Waals surface area (Å²) in [6.07, 6.45) is 3.67. The van der Waals surface area contributed by atoms with Gasteiger partial charge in [-0.2, -0.15) is 0 Å². The van der Waals surface area contributed by atoms with Crippen LogP contribution in [0.25, 0.3) is 0 Å². The van der Waals surface area contributed by atoms with Crippen molar-refractivity contribution < 1.29 is 8.42 Å². The highest BCUT2D eigenvalue weighted by atomic mass is 32.2. The van der Waals surface area contributed by atoms with Crippen molar-refractivity contribution >= 4 is 9.84 Å². The van der Waals surface area contributed by atoms with Crippen molar-refractivity contribution in [3.63, 3.8) is 0 Å². The van der Waals surface area contributed by atoms with E-state index in [0.29, 0.717) is 6.42 Å². The van der Waals surface area contributed by atoms with Crippen LogP contribution in [0, 0.1) is 6.92 Å². The highest BCUT2D eigenvalue weighted by Gasteiger charge is 2.38. The first kappa shape index (κ1) is 15.1. The minimum absolute atomic E-state index is 0.164. The lowest BCUT2D eigenvalue weighted by Crippen LogP contribution is -2.51. The lowest BCUT2D eigenvalue weighted by Gasteiger charge is -2.32. The Morgan fingerprint density at radius 2 is 2.00 bits per heavy atom. The molecule has 4 nitrogen and oxygen atoms in total. The van der Waals surface area contributed by atoms with Gasteiger partial charge >= 0.3 is 0 Å². The smallest absolute Gasteiger partial charge is 0.154 e. The third-order valence-corrected chi connectivity index (χ3v) is 5.73. The minimum Gasteiger partial charge on any atom is -0.315 e. The normalized spacial score (nSPS) is 14.5. The van der Waals surface area contributed by atoms with E-state index in [2.05, 4.69) is 10.3 Å². The van der Waals surface area contributed by atoms with E-state index in [1.54, 1.807) is 27.1 Å². The van der Waals surface area contributed by atoms with Gasteiger partial charge in [-0.05, 0) is 39.4 Å². The molecule has 1 heterocycles. The monoisotopic (exact) mass is 270 g/mol. The quantitative estimate of drug-likeness (QED) is 0.877. The van der Waals surface area contributed by atoms with Gasteiger partial charge in [0.2, 0.25) is 0 Å². The molecule has 0 aliphatic carbocycles. The molecule has 0 radical (unpaired) electrons. The Morgan fingerprint density at radius 3 is 2.39 bits per heavy atom. The van der Waals surface area contributed by atoms with Crippen LogP contribution in [0.3, 0.4) is 0 Å². The van der Waals surface area contributed by atoms with Gasteiger partial charge in [0.05, 0.1) is 4.75 Å². The summed E-state index contributed by atoms with van der Waals surface area (Å²) >= 11 is 0. The number of nitrogens with one attached hydrogen (secondary N) is 1. The number of aromatic nitrogens is 1. The highest BCUT2D eigenvalue weighted by molar-refractivity contribution is 7.92. The van der Waals surface area contributed by atoms with Crippen LogP contribution in [0.1, 0.15) is 25.1 Å². The molecule has 0 saturated carbocycles. The van der Waals surface area contributed by atoms with Crippen LogP contribution in [-0.4, -0.2) is 37.5 Å². The van der Waals surface area contributed by atoms with E-state index in [9.17, 15) is 8.42 Å². The molecule has 1 rings (SSSR count). The van der Waals surface area contributed by atoms with Crippen molar-refractivity contribution in [3.8, 4) is 0 Å². The Kier molecular flexibility index (Phi) is 4.50. The van der Waals surface area contributed by atoms with Gasteiger partial charge in [0.25, 0.3) is 0 Å². The number of likely N-dealkylation sites (N-methyl/N-ethyl adjacent to an activating group) is 1. The summed E-state index contributed by atoms with van der Waals surface area (Å²) in [5.74, 6) is 0. The van der Waals surface area contributed by atoms with E-state index in [1.165, 1.54) is 6.26 Å². The highest BCUT2D eigenvalue weighted by Crippen LogP contribution is 2.22. The summed E-state index contributed by atoms with van der Waals surface area (Å²) in [4.78, 5) is 4.33. The van der Waals surface area contributed by atoms with Crippen LogP contribution in [-0.2, 0) is 16.3 Å². The summed E-state index contributed by atoms with van der Waals surface area (Å²) in [5.41, 5.74) is 2.00. The molecule has 0 saturated heterocycles. The molecule has 0 aromatic carbocycles. The zero-order valence-electron chi connectivity index (χ0n) is 11.7. The zero-order chi connectivity index (χ0) is 14.0. The Morgan fingerprint density at radius 1 is 1.39 bits per heavy atom. The SMILES string of the molecule is CNC(Cc1ccc(C)cn1)C(C)(C)S(C)(=O)=O. The van der Waals surface area contributed by atoms with Gasteiger partial charge in [0, 0.05) is 30.6 Å². The second kappa shape index (κ2) is 5.36. The summed E-state index contributed by atoms with van der Waals surface area (Å²) in [5, 5.41) is 3.09. The topological polar surface area (TPSA) is 59.1 Å². The van der Waals surface area contributed by atoms with Crippen LogP contribution in [0.15, 0.2) is 18.3 Å². The predicted molar refractivity (Wildman–Crippen MR) is 74.4 cm³/mol. The number of hydrogen-bond acceptors (Lipinski definition) is 4. The fourth-order valence-electron chi connectivity index (χ4n) is 1.78. The van der Waals surface area contributed by atoms with Gasteiger partial charge in [-0.25, -0.2) is 8.42 Å². The second-order valence-electron chi connectivity index (χ2n) is 5.25. The lowest BCUT2D eigenvalue weighted by molar-refractivity contribution is 0.428. The largest absolute Gasteiger partial charge is 0.315 e. The average Bonchev–Trinajstić information content (AvgIpc) is 2.26. The van der Waals surface area contributed by atoms with Crippen molar-refractivity contribution in [2.75, 3.05) is 13.3 Å². The Labute approximate surface area is 110 Å². The van der Waals surface area contributed by atoms with E-state index in [1.807, 2.05) is 19.1 Å². The number of pyridine rings is 1. The maximum atomic E-state index is 11.8. The third kappa shape index (κ3) is 3.29. The van der Waals surface area contributed by atoms with Crippen molar-refractivity contribution in [1.82, 2.24) is 10.3 Å². The standard InChI is InChI=1S/C13H22N2O2S/c1-10-6-7-11(15-9-10)8-12(14-4)13(2,3)18(5,16)17/h6-7,9,12,14H,8H2,1-5H3. The number of hydrogen-bond donors (Lipinski definition) is 1. The number of sulfone groups is 1. The van der Waals surface area contributed by atoms with Crippen LogP contribution in [0.4, 0.5) is 0 Å². The fraction of sp³-hybridized carbons (Fsp3) is 0.615. The molecular formula is C13H22N2O2S. The molecule has 1 atom stereocenters. The molecule has 0 spiro atoms. The second-order valence-corrected chi connectivity index (χ2v) is 7.84. The average molecular weight is 270 g/mol. The predicted octanol–water partition coefficient (Wildman–Crippen LogP) is 1.34. The molecule has 0 bridgehead atoms. The molecule has 0 amide bonds. The van der Waals surface area contributed by atoms with E-state index in [0.717, 1.165) is 11.3 Å². The Balaban J connectivity index is 2.95. The summed E-state index contributed by atoms with van der Waals surface area (Å²) < 4.78 is 22.8. The molecule has 1 unspecified atom stereocenters. The molecule has 0 fully saturated rings. The zero-order valence-corrected chi connectivity index (χ0v) is 12.5. The third-order valence-electron chi connectivity index (χ3n) is 3.53. The maximum absolute atomic E-state index is 11.8. The number of nitrogens with zero attached hydrogens (tertiary/aromatic N) is 1. The summed E-state index contributed by atoms with van der Waals surface area (Å²) in [7, 11) is -1.35. The van der Waals surface area contributed by atoms with Crippen LogP contribution < -0.4 is 5.32 Å². The molecule has 1 aromatic rings. The van der Waals surface area contributed by atoms with Gasteiger partial charge in [-0.1, -0.05) is 6.07 Å².